The van der Waals surface area contributed by atoms with Gasteiger partial charge in [-0.25, -0.2) is 4.98 Å². The van der Waals surface area contributed by atoms with Gasteiger partial charge in [0.05, 0.1) is 18.8 Å². The van der Waals surface area contributed by atoms with Gasteiger partial charge in [-0.15, -0.1) is 0 Å². The molecular formula is C22H23N3O. The molecule has 4 heteroatoms. The maximum Gasteiger partial charge on any atom is 0.151 e. The van der Waals surface area contributed by atoms with Gasteiger partial charge in [0.15, 0.2) is 5.75 Å². The van der Waals surface area contributed by atoms with E-state index in [1.807, 2.05) is 6.07 Å². The SMILES string of the molecule is COc1c(-c2ccccc2)nc2ccccc2c1[C@H]1NCC2CCCN21. The van der Waals surface area contributed by atoms with E-state index in [4.69, 9.17) is 9.72 Å². The molecule has 2 atom stereocenters. The summed E-state index contributed by atoms with van der Waals surface area (Å²) in [6.07, 6.45) is 2.74. The number of methoxy groups -OCH3 is 1. The molecule has 0 spiro atoms. The maximum absolute atomic E-state index is 5.97. The summed E-state index contributed by atoms with van der Waals surface area (Å²) in [7, 11) is 1.76. The Hall–Kier alpha value is -2.43. The van der Waals surface area contributed by atoms with Crippen LogP contribution in [0.1, 0.15) is 24.6 Å². The third-order valence-corrected chi connectivity index (χ3v) is 5.71. The summed E-state index contributed by atoms with van der Waals surface area (Å²) >= 11 is 0. The summed E-state index contributed by atoms with van der Waals surface area (Å²) in [5.41, 5.74) is 4.26. The number of rotatable bonds is 3. The quantitative estimate of drug-likeness (QED) is 0.779. The van der Waals surface area contributed by atoms with Gasteiger partial charge >= 0.3 is 0 Å². The van der Waals surface area contributed by atoms with Crippen molar-refractivity contribution in [2.24, 2.45) is 0 Å². The molecule has 2 aliphatic rings. The van der Waals surface area contributed by atoms with E-state index in [1.165, 1.54) is 23.8 Å². The molecule has 132 valence electrons. The largest absolute Gasteiger partial charge is 0.494 e. The molecule has 2 aromatic carbocycles. The van der Waals surface area contributed by atoms with Crippen molar-refractivity contribution < 1.29 is 4.74 Å². The zero-order chi connectivity index (χ0) is 17.5. The molecule has 1 N–H and O–H groups in total. The van der Waals surface area contributed by atoms with E-state index in [-0.39, 0.29) is 6.17 Å². The Morgan fingerprint density at radius 1 is 1.08 bits per heavy atom. The fourth-order valence-electron chi connectivity index (χ4n) is 4.54. The second-order valence-electron chi connectivity index (χ2n) is 7.14. The molecule has 3 aromatic rings. The van der Waals surface area contributed by atoms with Crippen LogP contribution in [0, 0.1) is 0 Å². The van der Waals surface area contributed by atoms with E-state index < -0.39 is 0 Å². The van der Waals surface area contributed by atoms with Gasteiger partial charge in [0.25, 0.3) is 0 Å². The Morgan fingerprint density at radius 2 is 1.88 bits per heavy atom. The minimum atomic E-state index is 0.188. The molecule has 0 bridgehead atoms. The molecule has 5 rings (SSSR count). The highest BCUT2D eigenvalue weighted by molar-refractivity contribution is 5.89. The van der Waals surface area contributed by atoms with Crippen molar-refractivity contribution in [1.82, 2.24) is 15.2 Å². The molecule has 26 heavy (non-hydrogen) atoms. The van der Waals surface area contributed by atoms with Gasteiger partial charge in [-0.1, -0.05) is 48.5 Å². The van der Waals surface area contributed by atoms with Crippen molar-refractivity contribution in [3.8, 4) is 17.0 Å². The lowest BCUT2D eigenvalue weighted by atomic mass is 10.00. The van der Waals surface area contributed by atoms with Crippen LogP contribution < -0.4 is 10.1 Å². The monoisotopic (exact) mass is 345 g/mol. The van der Waals surface area contributed by atoms with Crippen molar-refractivity contribution in [1.29, 1.82) is 0 Å². The summed E-state index contributed by atoms with van der Waals surface area (Å²) in [4.78, 5) is 7.56. The average molecular weight is 345 g/mol. The topological polar surface area (TPSA) is 37.4 Å². The molecule has 4 nitrogen and oxygen atoms in total. The molecular weight excluding hydrogens is 322 g/mol. The summed E-state index contributed by atoms with van der Waals surface area (Å²) in [6.45, 7) is 2.19. The average Bonchev–Trinajstić information content (AvgIpc) is 3.31. The van der Waals surface area contributed by atoms with Gasteiger partial charge < -0.3 is 4.74 Å². The van der Waals surface area contributed by atoms with Crippen LogP contribution in [0.3, 0.4) is 0 Å². The molecule has 0 saturated carbocycles. The molecule has 2 fully saturated rings. The molecule has 0 radical (unpaired) electrons. The minimum absolute atomic E-state index is 0.188. The fraction of sp³-hybridized carbons (Fsp3) is 0.318. The van der Waals surface area contributed by atoms with Crippen molar-refractivity contribution in [3.63, 3.8) is 0 Å². The van der Waals surface area contributed by atoms with Gasteiger partial charge in [-0.05, 0) is 18.9 Å². The number of benzene rings is 2. The van der Waals surface area contributed by atoms with Crippen LogP contribution in [-0.2, 0) is 0 Å². The number of fused-ring (bicyclic) bond motifs is 2. The smallest absolute Gasteiger partial charge is 0.151 e. The van der Waals surface area contributed by atoms with Crippen molar-refractivity contribution in [2.75, 3.05) is 20.2 Å². The van der Waals surface area contributed by atoms with Crippen LogP contribution in [-0.4, -0.2) is 36.1 Å². The molecule has 3 heterocycles. The van der Waals surface area contributed by atoms with E-state index in [0.717, 1.165) is 35.6 Å². The van der Waals surface area contributed by atoms with Crippen LogP contribution in [0.15, 0.2) is 54.6 Å². The van der Waals surface area contributed by atoms with Gasteiger partial charge in [-0.2, -0.15) is 0 Å². The second kappa shape index (κ2) is 6.38. The van der Waals surface area contributed by atoms with Gasteiger partial charge in [0.1, 0.15) is 5.69 Å². The Morgan fingerprint density at radius 3 is 2.73 bits per heavy atom. The Labute approximate surface area is 153 Å². The predicted molar refractivity (Wildman–Crippen MR) is 104 cm³/mol. The van der Waals surface area contributed by atoms with Crippen LogP contribution in [0.4, 0.5) is 0 Å². The maximum atomic E-state index is 5.97. The first-order valence-corrected chi connectivity index (χ1v) is 9.38. The van der Waals surface area contributed by atoms with Crippen molar-refractivity contribution in [2.45, 2.75) is 25.0 Å². The molecule has 1 aromatic heterocycles. The van der Waals surface area contributed by atoms with Crippen molar-refractivity contribution >= 4 is 10.9 Å². The van der Waals surface area contributed by atoms with E-state index in [9.17, 15) is 0 Å². The highest BCUT2D eigenvalue weighted by atomic mass is 16.5. The Bertz CT molecular complexity index is 941. The van der Waals surface area contributed by atoms with Crippen LogP contribution in [0.25, 0.3) is 22.2 Å². The third kappa shape index (κ3) is 2.41. The molecule has 2 aliphatic heterocycles. The standard InChI is InChI=1S/C22H23N3O/c1-26-21-19(22-23-14-16-10-7-13-25(16)22)17-11-5-6-12-18(17)24-20(21)15-8-3-2-4-9-15/h2-6,8-9,11-12,16,22-23H,7,10,13-14H2,1H3/t16?,22-/m0/s1. The lowest BCUT2D eigenvalue weighted by Gasteiger charge is -2.27. The first kappa shape index (κ1) is 15.8. The summed E-state index contributed by atoms with van der Waals surface area (Å²) in [5, 5.41) is 4.91. The number of hydrogen-bond acceptors (Lipinski definition) is 4. The zero-order valence-electron chi connectivity index (χ0n) is 15.0. The first-order chi connectivity index (χ1) is 12.9. The summed E-state index contributed by atoms with van der Waals surface area (Å²) in [6, 6.07) is 19.4. The second-order valence-corrected chi connectivity index (χ2v) is 7.14. The number of ether oxygens (including phenoxy) is 1. The lowest BCUT2D eigenvalue weighted by molar-refractivity contribution is 0.236. The Balaban J connectivity index is 1.78. The normalized spacial score (nSPS) is 22.7. The minimum Gasteiger partial charge on any atom is -0.494 e. The van der Waals surface area contributed by atoms with Gasteiger partial charge in [0.2, 0.25) is 0 Å². The number of aromatic nitrogens is 1. The molecule has 0 aliphatic carbocycles. The first-order valence-electron chi connectivity index (χ1n) is 9.38. The van der Waals surface area contributed by atoms with Crippen molar-refractivity contribution in [3.05, 3.63) is 60.2 Å². The van der Waals surface area contributed by atoms with Crippen LogP contribution in [0.2, 0.25) is 0 Å². The fourth-order valence-corrected chi connectivity index (χ4v) is 4.54. The number of hydrogen-bond donors (Lipinski definition) is 1. The Kier molecular flexibility index (Phi) is 3.88. The van der Waals surface area contributed by atoms with E-state index in [2.05, 4.69) is 58.7 Å². The lowest BCUT2D eigenvalue weighted by Crippen LogP contribution is -2.29. The van der Waals surface area contributed by atoms with Gasteiger partial charge in [-0.3, -0.25) is 10.2 Å². The molecule has 0 amide bonds. The van der Waals surface area contributed by atoms with Crippen LogP contribution in [0.5, 0.6) is 5.75 Å². The number of pyridine rings is 1. The zero-order valence-corrected chi connectivity index (χ0v) is 15.0. The summed E-state index contributed by atoms with van der Waals surface area (Å²) in [5.74, 6) is 0.889. The molecule has 1 unspecified atom stereocenters. The highest BCUT2D eigenvalue weighted by Crippen LogP contribution is 2.43. The third-order valence-electron chi connectivity index (χ3n) is 5.71. The highest BCUT2D eigenvalue weighted by Gasteiger charge is 2.39. The van der Waals surface area contributed by atoms with E-state index in [0.29, 0.717) is 6.04 Å². The predicted octanol–water partition coefficient (Wildman–Crippen LogP) is 3.98. The van der Waals surface area contributed by atoms with Crippen LogP contribution >= 0.6 is 0 Å². The number of nitrogens with one attached hydrogen (secondary N) is 1. The summed E-state index contributed by atoms with van der Waals surface area (Å²) < 4.78 is 5.97. The molecule has 2 saturated heterocycles. The number of para-hydroxylation sites is 1. The number of nitrogens with zero attached hydrogens (tertiary/aromatic N) is 2. The van der Waals surface area contributed by atoms with Gasteiger partial charge in [0, 0.05) is 35.6 Å². The van der Waals surface area contributed by atoms with E-state index in [1.54, 1.807) is 7.11 Å². The van der Waals surface area contributed by atoms with E-state index >= 15 is 0 Å².